The van der Waals surface area contributed by atoms with Crippen molar-refractivity contribution in [2.24, 2.45) is 5.10 Å². The lowest BCUT2D eigenvalue weighted by Crippen LogP contribution is -2.20. The van der Waals surface area contributed by atoms with Gasteiger partial charge in [0.1, 0.15) is 6.61 Å². The molecule has 0 fully saturated rings. The molecule has 0 saturated carbocycles. The fourth-order valence-corrected chi connectivity index (χ4v) is 4.00. The van der Waals surface area contributed by atoms with E-state index in [9.17, 15) is 18.0 Å². The van der Waals surface area contributed by atoms with Gasteiger partial charge < -0.3 is 9.47 Å². The first-order valence-electron chi connectivity index (χ1n) is 11.9. The molecule has 0 aliphatic rings. The molecule has 0 aliphatic carbocycles. The fourth-order valence-electron chi connectivity index (χ4n) is 4.00. The Labute approximate surface area is 221 Å². The van der Waals surface area contributed by atoms with Gasteiger partial charge in [0.2, 0.25) is 0 Å². The molecular formula is C30H22F3N3O3. The van der Waals surface area contributed by atoms with Crippen LogP contribution in [0.2, 0.25) is 0 Å². The van der Waals surface area contributed by atoms with Crippen molar-refractivity contribution in [2.75, 3.05) is 7.11 Å². The number of alkyl halides is 3. The van der Waals surface area contributed by atoms with E-state index in [1.165, 1.54) is 25.5 Å². The second-order valence-corrected chi connectivity index (χ2v) is 8.58. The number of methoxy groups -OCH3 is 1. The van der Waals surface area contributed by atoms with Crippen molar-refractivity contribution < 1.29 is 22.6 Å². The van der Waals surface area contributed by atoms with Crippen LogP contribution >= 0.6 is 0 Å². The van der Waals surface area contributed by atoms with Crippen molar-refractivity contribution in [3.63, 3.8) is 0 Å². The molecule has 0 bridgehead atoms. The largest absolute Gasteiger partial charge is 0.493 e. The first kappa shape index (κ1) is 25.7. The minimum Gasteiger partial charge on any atom is -0.493 e. The van der Waals surface area contributed by atoms with E-state index in [0.717, 1.165) is 22.4 Å². The van der Waals surface area contributed by atoms with Gasteiger partial charge in [0.25, 0.3) is 5.56 Å². The standard InChI is InChI=1S/C30H22F3N3O3/c1-38-27-16-21(14-15-26(27)39-19-20-8-3-2-4-9-20)18-34-36-28(22-10-7-11-23(17-22)30(31,32)33)35-25-13-6-5-12-24(25)29(36)37/h2-18H,19H2,1H3. The van der Waals surface area contributed by atoms with Crippen molar-refractivity contribution in [1.82, 2.24) is 9.66 Å². The molecule has 0 N–H and O–H groups in total. The number of hydrogen-bond acceptors (Lipinski definition) is 5. The van der Waals surface area contributed by atoms with Gasteiger partial charge in [-0.25, -0.2) is 4.98 Å². The Balaban J connectivity index is 1.53. The highest BCUT2D eigenvalue weighted by Crippen LogP contribution is 2.32. The summed E-state index contributed by atoms with van der Waals surface area (Å²) in [4.78, 5) is 17.8. The zero-order valence-corrected chi connectivity index (χ0v) is 20.7. The summed E-state index contributed by atoms with van der Waals surface area (Å²) in [6.07, 6.45) is -3.14. The van der Waals surface area contributed by atoms with E-state index in [1.54, 1.807) is 42.5 Å². The van der Waals surface area contributed by atoms with Crippen molar-refractivity contribution >= 4 is 17.1 Å². The molecule has 39 heavy (non-hydrogen) atoms. The monoisotopic (exact) mass is 529 g/mol. The lowest BCUT2D eigenvalue weighted by molar-refractivity contribution is -0.137. The minimum absolute atomic E-state index is 0.0178. The van der Waals surface area contributed by atoms with E-state index in [4.69, 9.17) is 9.47 Å². The summed E-state index contributed by atoms with van der Waals surface area (Å²) in [7, 11) is 1.51. The Bertz CT molecular complexity index is 1710. The van der Waals surface area contributed by atoms with Gasteiger partial charge in [-0.3, -0.25) is 4.79 Å². The molecule has 0 saturated heterocycles. The normalized spacial score (nSPS) is 11.7. The van der Waals surface area contributed by atoms with Crippen LogP contribution in [0.25, 0.3) is 22.3 Å². The Morgan fingerprint density at radius 3 is 2.44 bits per heavy atom. The Kier molecular flexibility index (Phi) is 7.14. The number of para-hydroxylation sites is 1. The average Bonchev–Trinajstić information content (AvgIpc) is 2.96. The molecular weight excluding hydrogens is 507 g/mol. The summed E-state index contributed by atoms with van der Waals surface area (Å²) in [5.74, 6) is 0.959. The van der Waals surface area contributed by atoms with E-state index in [0.29, 0.717) is 29.2 Å². The van der Waals surface area contributed by atoms with Crippen molar-refractivity contribution in [3.8, 4) is 22.9 Å². The van der Waals surface area contributed by atoms with E-state index in [1.807, 2.05) is 30.3 Å². The predicted octanol–water partition coefficient (Wildman–Crippen LogP) is 6.55. The van der Waals surface area contributed by atoms with Gasteiger partial charge >= 0.3 is 6.18 Å². The van der Waals surface area contributed by atoms with Crippen molar-refractivity contribution in [1.29, 1.82) is 0 Å². The van der Waals surface area contributed by atoms with E-state index < -0.39 is 17.3 Å². The summed E-state index contributed by atoms with van der Waals surface area (Å²) in [6, 6.07) is 26.0. The minimum atomic E-state index is -4.55. The molecule has 196 valence electrons. The summed E-state index contributed by atoms with van der Waals surface area (Å²) < 4.78 is 52.6. The van der Waals surface area contributed by atoms with Crippen LogP contribution in [0, 0.1) is 0 Å². The van der Waals surface area contributed by atoms with Gasteiger partial charge in [-0.2, -0.15) is 22.9 Å². The number of hydrogen-bond donors (Lipinski definition) is 0. The van der Waals surface area contributed by atoms with Crippen LogP contribution in [0.4, 0.5) is 13.2 Å². The molecule has 4 aromatic carbocycles. The molecule has 0 amide bonds. The number of nitrogens with zero attached hydrogens (tertiary/aromatic N) is 3. The SMILES string of the molecule is COc1cc(C=Nn2c(-c3cccc(C(F)(F)F)c3)nc3ccccc3c2=O)ccc1OCc1ccccc1. The molecule has 6 nitrogen and oxygen atoms in total. The maximum absolute atomic E-state index is 13.4. The van der Waals surface area contributed by atoms with Crippen LogP contribution in [0.5, 0.6) is 11.5 Å². The van der Waals surface area contributed by atoms with Crippen LogP contribution in [0.3, 0.4) is 0 Å². The zero-order valence-electron chi connectivity index (χ0n) is 20.7. The molecule has 1 heterocycles. The molecule has 5 aromatic rings. The molecule has 0 spiro atoms. The second kappa shape index (κ2) is 10.8. The highest BCUT2D eigenvalue weighted by molar-refractivity contribution is 5.82. The quantitative estimate of drug-likeness (QED) is 0.224. The Morgan fingerprint density at radius 2 is 1.67 bits per heavy atom. The molecule has 0 aliphatic heterocycles. The molecule has 5 rings (SSSR count). The molecule has 9 heteroatoms. The molecule has 0 unspecified atom stereocenters. The first-order chi connectivity index (χ1) is 18.8. The van der Waals surface area contributed by atoms with Crippen molar-refractivity contribution in [2.45, 2.75) is 12.8 Å². The number of ether oxygens (including phenoxy) is 2. The molecule has 0 radical (unpaired) electrons. The van der Waals surface area contributed by atoms with Crippen LogP contribution in [-0.4, -0.2) is 23.0 Å². The van der Waals surface area contributed by atoms with Gasteiger partial charge in [-0.05, 0) is 53.6 Å². The number of rotatable bonds is 7. The predicted molar refractivity (Wildman–Crippen MR) is 143 cm³/mol. The van der Waals surface area contributed by atoms with Crippen LogP contribution in [0.1, 0.15) is 16.7 Å². The third-order valence-electron chi connectivity index (χ3n) is 5.95. The fraction of sp³-hybridized carbons (Fsp3) is 0.100. The van der Waals surface area contributed by atoms with E-state index in [-0.39, 0.29) is 16.8 Å². The second-order valence-electron chi connectivity index (χ2n) is 8.58. The lowest BCUT2D eigenvalue weighted by atomic mass is 10.1. The smallest absolute Gasteiger partial charge is 0.416 e. The topological polar surface area (TPSA) is 65.7 Å². The van der Waals surface area contributed by atoms with Crippen LogP contribution < -0.4 is 15.0 Å². The maximum Gasteiger partial charge on any atom is 0.416 e. The highest BCUT2D eigenvalue weighted by Gasteiger charge is 2.31. The number of halogens is 3. The number of fused-ring (bicyclic) bond motifs is 1. The maximum atomic E-state index is 13.4. The van der Waals surface area contributed by atoms with Gasteiger partial charge in [0, 0.05) is 5.56 Å². The summed E-state index contributed by atoms with van der Waals surface area (Å²) >= 11 is 0. The Morgan fingerprint density at radius 1 is 0.897 bits per heavy atom. The third-order valence-corrected chi connectivity index (χ3v) is 5.95. The first-order valence-corrected chi connectivity index (χ1v) is 11.9. The van der Waals surface area contributed by atoms with Crippen molar-refractivity contribution in [3.05, 3.63) is 124 Å². The van der Waals surface area contributed by atoms with E-state index in [2.05, 4.69) is 10.1 Å². The summed E-state index contributed by atoms with van der Waals surface area (Å²) in [5, 5.41) is 4.62. The van der Waals surface area contributed by atoms with Gasteiger partial charge in [-0.15, -0.1) is 0 Å². The van der Waals surface area contributed by atoms with Gasteiger partial charge in [-0.1, -0.05) is 54.6 Å². The summed E-state index contributed by atoms with van der Waals surface area (Å²) in [5.41, 5.74) is 0.660. The lowest BCUT2D eigenvalue weighted by Gasteiger charge is -2.12. The summed E-state index contributed by atoms with van der Waals surface area (Å²) in [6.45, 7) is 0.350. The van der Waals surface area contributed by atoms with Crippen LogP contribution in [-0.2, 0) is 12.8 Å². The number of aromatic nitrogens is 2. The van der Waals surface area contributed by atoms with Gasteiger partial charge in [0.05, 0.1) is 29.8 Å². The zero-order chi connectivity index (χ0) is 27.4. The average molecular weight is 530 g/mol. The van der Waals surface area contributed by atoms with E-state index >= 15 is 0 Å². The molecule has 1 aromatic heterocycles. The highest BCUT2D eigenvalue weighted by atomic mass is 19.4. The van der Waals surface area contributed by atoms with Crippen LogP contribution in [0.15, 0.2) is 107 Å². The third kappa shape index (κ3) is 5.67. The number of benzene rings is 4. The Hall–Kier alpha value is -4.92. The van der Waals surface area contributed by atoms with Gasteiger partial charge in [0.15, 0.2) is 17.3 Å². The molecule has 0 atom stereocenters.